The Labute approximate surface area is 275 Å². The average molecular weight is 647 g/mol. The molecule has 2 N–H and O–H groups in total. The van der Waals surface area contributed by atoms with Crippen LogP contribution in [0.1, 0.15) is 112 Å². The van der Waals surface area contributed by atoms with Crippen molar-refractivity contribution in [2.24, 2.45) is 45.8 Å². The number of aliphatic hydroxyl groups is 1. The first-order valence-corrected chi connectivity index (χ1v) is 18.0. The van der Waals surface area contributed by atoms with Crippen molar-refractivity contribution in [2.45, 2.75) is 142 Å². The molecule has 0 amide bonds. The van der Waals surface area contributed by atoms with Crippen molar-refractivity contribution in [1.82, 2.24) is 0 Å². The largest absolute Gasteiger partial charge is 0.481 e. The maximum absolute atomic E-state index is 13.7. The van der Waals surface area contributed by atoms with Gasteiger partial charge in [0.1, 0.15) is 23.9 Å². The summed E-state index contributed by atoms with van der Waals surface area (Å²) >= 11 is 0. The fourth-order valence-corrected chi connectivity index (χ4v) is 10.9. The molecular formula is C37H58O9. The number of carboxylic acid groups (broad SMARTS) is 1. The van der Waals surface area contributed by atoms with E-state index < -0.39 is 52.9 Å². The summed E-state index contributed by atoms with van der Waals surface area (Å²) in [6, 6.07) is 0. The van der Waals surface area contributed by atoms with Crippen LogP contribution in [0.2, 0.25) is 0 Å². The number of carbonyl (C=O) groups excluding carboxylic acids is 2. The van der Waals surface area contributed by atoms with Crippen LogP contribution in [0.25, 0.3) is 0 Å². The molecule has 1 saturated heterocycles. The van der Waals surface area contributed by atoms with Crippen molar-refractivity contribution >= 4 is 18.2 Å². The van der Waals surface area contributed by atoms with Gasteiger partial charge in [0.15, 0.2) is 12.4 Å². The number of aliphatic carboxylic acids is 1. The Bertz CT molecular complexity index is 1150. The van der Waals surface area contributed by atoms with Crippen molar-refractivity contribution in [3.63, 3.8) is 0 Å². The Morgan fingerprint density at radius 2 is 1.76 bits per heavy atom. The number of fused-ring (bicyclic) bond motifs is 2. The summed E-state index contributed by atoms with van der Waals surface area (Å²) in [6.07, 6.45) is 9.24. The zero-order chi connectivity index (χ0) is 33.4. The molecular weight excluding hydrogens is 588 g/mol. The maximum Gasteiger partial charge on any atom is 0.315 e. The van der Waals surface area contributed by atoms with Crippen LogP contribution in [0, 0.1) is 45.8 Å². The number of unbranched alkanes of at least 4 members (excludes halogenated alkanes) is 6. The highest BCUT2D eigenvalue weighted by molar-refractivity contribution is 5.90. The van der Waals surface area contributed by atoms with Gasteiger partial charge in [-0.3, -0.25) is 9.59 Å². The van der Waals surface area contributed by atoms with Gasteiger partial charge in [0, 0.05) is 18.9 Å². The molecule has 0 aromatic carbocycles. The maximum atomic E-state index is 13.7. The second-order valence-corrected chi connectivity index (χ2v) is 15.5. The zero-order valence-electron chi connectivity index (χ0n) is 28.9. The molecule has 0 radical (unpaired) electrons. The summed E-state index contributed by atoms with van der Waals surface area (Å²) in [7, 11) is 1.50. The lowest BCUT2D eigenvalue weighted by Crippen LogP contribution is -2.64. The number of aldehydes is 1. The number of aliphatic hydroxyl groups excluding tert-OH is 1. The van der Waals surface area contributed by atoms with E-state index in [2.05, 4.69) is 19.9 Å². The predicted octanol–water partition coefficient (Wildman–Crippen LogP) is 6.10. The first-order valence-electron chi connectivity index (χ1n) is 18.0. The lowest BCUT2D eigenvalue weighted by Gasteiger charge is -2.58. The van der Waals surface area contributed by atoms with Gasteiger partial charge in [0.25, 0.3) is 0 Å². The van der Waals surface area contributed by atoms with Gasteiger partial charge in [-0.05, 0) is 62.2 Å². The van der Waals surface area contributed by atoms with E-state index >= 15 is 0 Å². The molecule has 0 aromatic heterocycles. The van der Waals surface area contributed by atoms with E-state index in [1.165, 1.54) is 26.4 Å². The summed E-state index contributed by atoms with van der Waals surface area (Å²) in [5.41, 5.74) is -2.40. The first-order chi connectivity index (χ1) is 21.9. The van der Waals surface area contributed by atoms with Crippen LogP contribution in [0.15, 0.2) is 11.6 Å². The van der Waals surface area contributed by atoms with Crippen LogP contribution in [-0.4, -0.2) is 72.9 Å². The van der Waals surface area contributed by atoms with Crippen LogP contribution in [0.4, 0.5) is 0 Å². The molecule has 3 saturated carbocycles. The second kappa shape index (κ2) is 14.0. The summed E-state index contributed by atoms with van der Waals surface area (Å²) in [6.45, 7) is 10.3. The van der Waals surface area contributed by atoms with Crippen molar-refractivity contribution in [3.05, 3.63) is 11.6 Å². The Balaban J connectivity index is 1.35. The van der Waals surface area contributed by atoms with E-state index in [9.17, 15) is 24.6 Å². The topological polar surface area (TPSA) is 129 Å². The van der Waals surface area contributed by atoms with Gasteiger partial charge in [-0.15, -0.1) is 0 Å². The summed E-state index contributed by atoms with van der Waals surface area (Å²) in [5, 5.41) is 22.8. The normalized spacial score (nSPS) is 42.6. The fourth-order valence-electron chi connectivity index (χ4n) is 10.9. The highest BCUT2D eigenvalue weighted by Crippen LogP contribution is 2.82. The Morgan fingerprint density at radius 1 is 1.07 bits per heavy atom. The molecule has 9 nitrogen and oxygen atoms in total. The van der Waals surface area contributed by atoms with Gasteiger partial charge in [-0.2, -0.15) is 0 Å². The molecule has 5 rings (SSSR count). The third-order valence-corrected chi connectivity index (χ3v) is 12.9. The van der Waals surface area contributed by atoms with E-state index in [1.807, 2.05) is 13.8 Å². The van der Waals surface area contributed by atoms with E-state index in [4.69, 9.17) is 18.9 Å². The van der Waals surface area contributed by atoms with Crippen molar-refractivity contribution in [1.29, 1.82) is 0 Å². The number of hydrogen-bond donors (Lipinski definition) is 2. The molecule has 5 unspecified atom stereocenters. The smallest absolute Gasteiger partial charge is 0.315 e. The number of carbonyl (C=O) groups is 3. The van der Waals surface area contributed by atoms with Crippen LogP contribution in [-0.2, 0) is 33.3 Å². The number of rotatable bonds is 16. The third kappa shape index (κ3) is 5.39. The van der Waals surface area contributed by atoms with Crippen LogP contribution < -0.4 is 0 Å². The summed E-state index contributed by atoms with van der Waals surface area (Å²) < 4.78 is 24.1. The highest BCUT2D eigenvalue weighted by Gasteiger charge is 2.84. The first kappa shape index (κ1) is 35.5. The molecule has 46 heavy (non-hydrogen) atoms. The highest BCUT2D eigenvalue weighted by atomic mass is 16.7. The summed E-state index contributed by atoms with van der Waals surface area (Å²) in [5.74, 6) is -0.888. The van der Waals surface area contributed by atoms with Gasteiger partial charge in [0.05, 0.1) is 18.1 Å². The third-order valence-electron chi connectivity index (χ3n) is 12.9. The molecule has 1 heterocycles. The van der Waals surface area contributed by atoms with Gasteiger partial charge >= 0.3 is 11.9 Å². The number of ether oxygens (including phenoxy) is 4. The van der Waals surface area contributed by atoms with E-state index in [0.717, 1.165) is 50.4 Å². The average Bonchev–Trinajstić information content (AvgIpc) is 3.59. The monoisotopic (exact) mass is 646 g/mol. The molecule has 5 aliphatic rings. The minimum absolute atomic E-state index is 0.0208. The van der Waals surface area contributed by atoms with Gasteiger partial charge in [0.2, 0.25) is 0 Å². The molecule has 260 valence electrons. The Hall–Kier alpha value is -1.81. The lowest BCUT2D eigenvalue weighted by molar-refractivity contribution is -0.309. The van der Waals surface area contributed by atoms with Crippen LogP contribution in [0.5, 0.6) is 0 Å². The van der Waals surface area contributed by atoms with E-state index in [0.29, 0.717) is 18.8 Å². The molecule has 0 aromatic rings. The standard InChI is InChI=1S/C37H58O9/c1-7-8-9-10-11-12-13-14-29(39)46-32-30(40)33(45-24(5)31(32)43-6)44-21-36-19-26-23(4)15-16-27(26)35(20-38)18-25(36)17-28(22(2)3)37(35,36)34(41)42/h17,20,22-27,30-33,40H,7-16,18-19,21H2,1-6H3,(H,41,42)/t23-,24-,25?,26-,27-,30?,31-,32+,33-,35?,36?,37?/m1/s1. The molecule has 1 aliphatic heterocycles. The number of carboxylic acids is 1. The molecule has 12 atom stereocenters. The minimum Gasteiger partial charge on any atom is -0.481 e. The summed E-state index contributed by atoms with van der Waals surface area (Å²) in [4.78, 5) is 40.0. The molecule has 4 fully saturated rings. The second-order valence-electron chi connectivity index (χ2n) is 15.5. The Morgan fingerprint density at radius 3 is 2.39 bits per heavy atom. The SMILES string of the molecule is CCCCCCCCCC(=O)O[C@H]1C(O)[C@H](OCC23C[C@@H]4[C@H](C)CC[C@H]4C4(C=O)CC2C=C(C(C)C)C34C(=O)O)O[C@H](C)[C@H]1OC. The molecule has 4 aliphatic carbocycles. The number of esters is 1. The van der Waals surface area contributed by atoms with E-state index in [-0.39, 0.29) is 42.7 Å². The van der Waals surface area contributed by atoms with Gasteiger partial charge in [-0.25, -0.2) is 0 Å². The van der Waals surface area contributed by atoms with Gasteiger partial charge in [-0.1, -0.05) is 84.3 Å². The number of hydrogen-bond acceptors (Lipinski definition) is 8. The van der Waals surface area contributed by atoms with Crippen molar-refractivity contribution in [3.8, 4) is 0 Å². The zero-order valence-corrected chi connectivity index (χ0v) is 28.9. The van der Waals surface area contributed by atoms with Crippen LogP contribution >= 0.6 is 0 Å². The number of methoxy groups -OCH3 is 1. The minimum atomic E-state index is -1.38. The van der Waals surface area contributed by atoms with Gasteiger partial charge < -0.3 is 34.0 Å². The molecule has 9 heteroatoms. The molecule has 4 bridgehead atoms. The van der Waals surface area contributed by atoms with E-state index in [1.54, 1.807) is 6.92 Å². The Kier molecular flexibility index (Phi) is 10.8. The van der Waals surface area contributed by atoms with Crippen LogP contribution in [0.3, 0.4) is 0 Å². The predicted molar refractivity (Wildman–Crippen MR) is 172 cm³/mol. The van der Waals surface area contributed by atoms with Crippen molar-refractivity contribution in [2.75, 3.05) is 13.7 Å². The fraction of sp³-hybridized carbons (Fsp3) is 0.865. The molecule has 0 spiro atoms. The lowest BCUT2D eigenvalue weighted by atomic mass is 9.43. The number of allylic oxidation sites excluding steroid dienone is 1. The van der Waals surface area contributed by atoms with Crippen molar-refractivity contribution < 1.29 is 43.5 Å². The quantitative estimate of drug-likeness (QED) is 0.0885.